The predicted molar refractivity (Wildman–Crippen MR) is 107 cm³/mol. The molecule has 0 aliphatic heterocycles. The molecule has 0 fully saturated rings. The lowest BCUT2D eigenvalue weighted by Gasteiger charge is -2.26. The van der Waals surface area contributed by atoms with Crippen molar-refractivity contribution in [3.63, 3.8) is 0 Å². The van der Waals surface area contributed by atoms with Crippen LogP contribution in [0.4, 0.5) is 0 Å². The van der Waals surface area contributed by atoms with Crippen LogP contribution in [0.15, 0.2) is 0 Å². The molecule has 5 atom stereocenters. The minimum atomic E-state index is -1.31. The van der Waals surface area contributed by atoms with Gasteiger partial charge in [-0.1, -0.05) is 13.8 Å². The van der Waals surface area contributed by atoms with Gasteiger partial charge in [0, 0.05) is 0 Å². The highest BCUT2D eigenvalue weighted by atomic mass is 32.2. The Morgan fingerprint density at radius 1 is 0.964 bits per heavy atom. The molecule has 0 bridgehead atoms. The number of nitrogens with one attached hydrogen (secondary N) is 3. The molecule has 0 spiro atoms. The summed E-state index contributed by atoms with van der Waals surface area (Å²) in [6.45, 7) is 6.12. The maximum absolute atomic E-state index is 12.6. The summed E-state index contributed by atoms with van der Waals surface area (Å²) in [4.78, 5) is 48.0. The lowest BCUT2D eigenvalue weighted by Crippen LogP contribution is -2.60. The van der Waals surface area contributed by atoms with Crippen molar-refractivity contribution in [3.8, 4) is 0 Å². The number of carbonyl (C=O) groups excluding carboxylic acids is 3. The summed E-state index contributed by atoms with van der Waals surface area (Å²) in [5.41, 5.74) is 5.76. The van der Waals surface area contributed by atoms with E-state index in [-0.39, 0.29) is 12.3 Å². The third-order valence-corrected chi connectivity index (χ3v) is 4.70. The lowest BCUT2D eigenvalue weighted by molar-refractivity contribution is -0.142. The fourth-order valence-electron chi connectivity index (χ4n) is 2.10. The molecule has 11 heteroatoms. The van der Waals surface area contributed by atoms with Gasteiger partial charge < -0.3 is 31.9 Å². The van der Waals surface area contributed by atoms with Gasteiger partial charge in [-0.3, -0.25) is 19.2 Å². The van der Waals surface area contributed by atoms with Gasteiger partial charge in [-0.05, 0) is 38.2 Å². The Labute approximate surface area is 169 Å². The number of aliphatic hydroxyl groups excluding tert-OH is 1. The van der Waals surface area contributed by atoms with E-state index in [0.717, 1.165) is 0 Å². The Balaban J connectivity index is 5.23. The molecule has 0 radical (unpaired) electrons. The molecule has 0 aromatic heterocycles. The van der Waals surface area contributed by atoms with Gasteiger partial charge >= 0.3 is 5.97 Å². The summed E-state index contributed by atoms with van der Waals surface area (Å²) in [5, 5.41) is 26.0. The first-order valence-electron chi connectivity index (χ1n) is 8.98. The smallest absolute Gasteiger partial charge is 0.325 e. The third kappa shape index (κ3) is 8.89. The van der Waals surface area contributed by atoms with E-state index in [1.165, 1.54) is 25.6 Å². The Bertz CT molecular complexity index is 558. The van der Waals surface area contributed by atoms with E-state index in [1.807, 2.05) is 6.26 Å². The van der Waals surface area contributed by atoms with E-state index < -0.39 is 54.0 Å². The second-order valence-corrected chi connectivity index (χ2v) is 7.89. The molecular weight excluding hydrogens is 388 g/mol. The molecule has 7 N–H and O–H groups in total. The van der Waals surface area contributed by atoms with Crippen LogP contribution in [0.1, 0.15) is 34.1 Å². The van der Waals surface area contributed by atoms with Gasteiger partial charge in [0.15, 0.2) is 0 Å². The van der Waals surface area contributed by atoms with Gasteiger partial charge in [0.25, 0.3) is 0 Å². The maximum Gasteiger partial charge on any atom is 0.325 e. The number of carboxylic acids is 1. The number of carboxylic acid groups (broad SMARTS) is 1. The van der Waals surface area contributed by atoms with Crippen molar-refractivity contribution in [2.45, 2.75) is 64.4 Å². The molecule has 28 heavy (non-hydrogen) atoms. The molecule has 0 aliphatic carbocycles. The Hall–Kier alpha value is -1.85. The van der Waals surface area contributed by atoms with Crippen molar-refractivity contribution in [3.05, 3.63) is 0 Å². The van der Waals surface area contributed by atoms with E-state index in [1.54, 1.807) is 13.8 Å². The van der Waals surface area contributed by atoms with Gasteiger partial charge in [-0.2, -0.15) is 11.8 Å². The first kappa shape index (κ1) is 26.1. The highest BCUT2D eigenvalue weighted by Gasteiger charge is 2.32. The van der Waals surface area contributed by atoms with Gasteiger partial charge in [0.05, 0.1) is 12.1 Å². The highest BCUT2D eigenvalue weighted by Crippen LogP contribution is 2.05. The van der Waals surface area contributed by atoms with Crippen molar-refractivity contribution in [1.29, 1.82) is 0 Å². The van der Waals surface area contributed by atoms with E-state index >= 15 is 0 Å². The van der Waals surface area contributed by atoms with Crippen molar-refractivity contribution in [2.24, 2.45) is 11.7 Å². The van der Waals surface area contributed by atoms with Crippen molar-refractivity contribution in [2.75, 3.05) is 12.0 Å². The minimum Gasteiger partial charge on any atom is -0.480 e. The van der Waals surface area contributed by atoms with Crippen LogP contribution in [0.25, 0.3) is 0 Å². The van der Waals surface area contributed by atoms with Crippen LogP contribution in [0, 0.1) is 5.92 Å². The molecule has 0 saturated carbocycles. The quantitative estimate of drug-likeness (QED) is 0.225. The van der Waals surface area contributed by atoms with Crippen molar-refractivity contribution in [1.82, 2.24) is 16.0 Å². The summed E-state index contributed by atoms with van der Waals surface area (Å²) in [6.07, 6.45) is 0.838. The van der Waals surface area contributed by atoms with Crippen LogP contribution in [-0.2, 0) is 19.2 Å². The normalized spacial score (nSPS) is 16.4. The molecule has 162 valence electrons. The van der Waals surface area contributed by atoms with Gasteiger partial charge in [0.2, 0.25) is 17.7 Å². The van der Waals surface area contributed by atoms with E-state index in [4.69, 9.17) is 10.8 Å². The number of nitrogens with two attached hydrogens (primary N) is 1. The highest BCUT2D eigenvalue weighted by molar-refractivity contribution is 7.98. The van der Waals surface area contributed by atoms with Crippen molar-refractivity contribution >= 4 is 35.5 Å². The number of thioether (sulfide) groups is 1. The second-order valence-electron chi connectivity index (χ2n) is 6.91. The Kier molecular flexibility index (Phi) is 11.7. The fourth-order valence-corrected chi connectivity index (χ4v) is 2.57. The van der Waals surface area contributed by atoms with Crippen LogP contribution >= 0.6 is 11.8 Å². The molecular formula is C17H32N4O6S. The lowest BCUT2D eigenvalue weighted by atomic mass is 10.0. The zero-order chi connectivity index (χ0) is 22.0. The molecule has 0 aliphatic rings. The summed E-state index contributed by atoms with van der Waals surface area (Å²) < 4.78 is 0. The Morgan fingerprint density at radius 3 is 1.96 bits per heavy atom. The number of rotatable bonds is 12. The van der Waals surface area contributed by atoms with Gasteiger partial charge in [-0.15, -0.1) is 0 Å². The van der Waals surface area contributed by atoms with Crippen LogP contribution in [0.5, 0.6) is 0 Å². The molecule has 0 rings (SSSR count). The minimum absolute atomic E-state index is 0.171. The number of aliphatic hydroxyl groups is 1. The topological polar surface area (TPSA) is 171 Å². The number of carbonyl (C=O) groups is 4. The molecule has 3 amide bonds. The number of hydrogen-bond acceptors (Lipinski definition) is 7. The first-order valence-corrected chi connectivity index (χ1v) is 10.4. The molecule has 10 nitrogen and oxygen atoms in total. The fraction of sp³-hybridized carbons (Fsp3) is 0.765. The van der Waals surface area contributed by atoms with Gasteiger partial charge in [-0.25, -0.2) is 0 Å². The van der Waals surface area contributed by atoms with Gasteiger partial charge in [0.1, 0.15) is 18.1 Å². The van der Waals surface area contributed by atoms with E-state index in [9.17, 15) is 24.3 Å². The zero-order valence-electron chi connectivity index (χ0n) is 16.9. The van der Waals surface area contributed by atoms with Crippen LogP contribution in [0.3, 0.4) is 0 Å². The first-order chi connectivity index (χ1) is 12.9. The molecule has 0 aromatic carbocycles. The number of aliphatic carboxylic acids is 1. The summed E-state index contributed by atoms with van der Waals surface area (Å²) >= 11 is 1.45. The average Bonchev–Trinajstić information content (AvgIpc) is 2.61. The maximum atomic E-state index is 12.6. The Morgan fingerprint density at radius 2 is 1.54 bits per heavy atom. The third-order valence-electron chi connectivity index (χ3n) is 4.06. The second kappa shape index (κ2) is 12.6. The monoisotopic (exact) mass is 420 g/mol. The van der Waals surface area contributed by atoms with Crippen molar-refractivity contribution < 1.29 is 29.4 Å². The zero-order valence-corrected chi connectivity index (χ0v) is 17.7. The molecule has 0 saturated heterocycles. The summed E-state index contributed by atoms with van der Waals surface area (Å²) in [5.74, 6) is -2.87. The molecule has 5 unspecified atom stereocenters. The summed E-state index contributed by atoms with van der Waals surface area (Å²) in [7, 11) is 0. The van der Waals surface area contributed by atoms with E-state index in [0.29, 0.717) is 5.75 Å². The van der Waals surface area contributed by atoms with Crippen LogP contribution in [0.2, 0.25) is 0 Å². The van der Waals surface area contributed by atoms with E-state index in [2.05, 4.69) is 16.0 Å². The standard InChI is InChI=1S/C17H32N4O6S/c1-8(2)12(18)15(24)21-13(10(4)22)16(25)20-11(6-7-28-5)14(23)19-9(3)17(26)27/h8-13,22H,6-7,18H2,1-5H3,(H,19,23)(H,20,25)(H,21,24)(H,26,27). The average molecular weight is 421 g/mol. The SMILES string of the molecule is CSCCC(NC(=O)C(NC(=O)C(N)C(C)C)C(C)O)C(=O)NC(C)C(=O)O. The molecule has 0 aromatic rings. The number of amides is 3. The summed E-state index contributed by atoms with van der Waals surface area (Å²) in [6, 6.07) is -4.31. The van der Waals surface area contributed by atoms with Crippen LogP contribution in [-0.4, -0.2) is 76.2 Å². The molecule has 0 heterocycles. The van der Waals surface area contributed by atoms with Crippen LogP contribution < -0.4 is 21.7 Å². The largest absolute Gasteiger partial charge is 0.480 e. The number of hydrogen-bond donors (Lipinski definition) is 6. The predicted octanol–water partition coefficient (Wildman–Crippen LogP) is -1.34.